The van der Waals surface area contributed by atoms with Gasteiger partial charge in [-0.15, -0.1) is 0 Å². The SMILES string of the molecule is CC#CC(=O)N(C)C1CCCN(c2c(F)cc(C(N)=O)c3[nH]c(C)c(C)c23)C1. The number of amides is 2. The van der Waals surface area contributed by atoms with Crippen LogP contribution in [-0.2, 0) is 4.79 Å². The lowest BCUT2D eigenvalue weighted by Crippen LogP contribution is -2.48. The zero-order valence-electron chi connectivity index (χ0n) is 16.6. The zero-order chi connectivity index (χ0) is 20.6. The van der Waals surface area contributed by atoms with Crippen molar-refractivity contribution in [3.8, 4) is 11.8 Å². The van der Waals surface area contributed by atoms with Gasteiger partial charge in [-0.05, 0) is 51.2 Å². The quantitative estimate of drug-likeness (QED) is 0.798. The van der Waals surface area contributed by atoms with Gasteiger partial charge >= 0.3 is 0 Å². The minimum absolute atomic E-state index is 0.0623. The summed E-state index contributed by atoms with van der Waals surface area (Å²) in [5.74, 6) is 3.80. The average Bonchev–Trinajstić information content (AvgIpc) is 2.95. The molecule has 1 aromatic carbocycles. The number of nitrogens with two attached hydrogens (primary N) is 1. The molecule has 1 unspecified atom stereocenters. The molecule has 0 radical (unpaired) electrons. The number of likely N-dealkylation sites (N-methyl/N-ethyl adjacent to an activating group) is 1. The van der Waals surface area contributed by atoms with Gasteiger partial charge in [0.15, 0.2) is 0 Å². The number of hydrogen-bond acceptors (Lipinski definition) is 3. The Kier molecular flexibility index (Phi) is 5.32. The fourth-order valence-corrected chi connectivity index (χ4v) is 3.94. The number of primary amides is 1. The largest absolute Gasteiger partial charge is 0.367 e. The molecule has 7 heteroatoms. The molecule has 1 saturated heterocycles. The maximum atomic E-state index is 15.2. The van der Waals surface area contributed by atoms with Gasteiger partial charge in [-0.3, -0.25) is 9.59 Å². The van der Waals surface area contributed by atoms with E-state index in [0.29, 0.717) is 29.7 Å². The summed E-state index contributed by atoms with van der Waals surface area (Å²) in [5, 5.41) is 0.675. The third kappa shape index (κ3) is 3.31. The number of anilines is 1. The van der Waals surface area contributed by atoms with E-state index in [1.54, 1.807) is 18.9 Å². The van der Waals surface area contributed by atoms with E-state index in [1.807, 2.05) is 18.7 Å². The fourth-order valence-electron chi connectivity index (χ4n) is 3.94. The van der Waals surface area contributed by atoms with Crippen molar-refractivity contribution in [1.29, 1.82) is 0 Å². The van der Waals surface area contributed by atoms with Gasteiger partial charge in [0.1, 0.15) is 5.82 Å². The number of carbonyl (C=O) groups excluding carboxylic acids is 2. The third-order valence-corrected chi connectivity index (χ3v) is 5.58. The van der Waals surface area contributed by atoms with Crippen LogP contribution in [0.4, 0.5) is 10.1 Å². The molecule has 28 heavy (non-hydrogen) atoms. The van der Waals surface area contributed by atoms with E-state index in [-0.39, 0.29) is 17.5 Å². The number of H-pyrrole nitrogens is 1. The highest BCUT2D eigenvalue weighted by atomic mass is 19.1. The topological polar surface area (TPSA) is 82.4 Å². The van der Waals surface area contributed by atoms with Crippen LogP contribution in [0.2, 0.25) is 0 Å². The first-order chi connectivity index (χ1) is 13.3. The van der Waals surface area contributed by atoms with Crippen molar-refractivity contribution in [2.45, 2.75) is 39.7 Å². The van der Waals surface area contributed by atoms with Crippen molar-refractivity contribution < 1.29 is 14.0 Å². The summed E-state index contributed by atoms with van der Waals surface area (Å²) in [5.41, 5.74) is 8.37. The molecule has 1 fully saturated rings. The molecule has 0 bridgehead atoms. The fraction of sp³-hybridized carbons (Fsp3) is 0.429. The van der Waals surface area contributed by atoms with E-state index in [2.05, 4.69) is 16.8 Å². The second-order valence-corrected chi connectivity index (χ2v) is 7.28. The van der Waals surface area contributed by atoms with Crippen molar-refractivity contribution in [3.63, 3.8) is 0 Å². The molecule has 6 nitrogen and oxygen atoms in total. The summed E-state index contributed by atoms with van der Waals surface area (Å²) >= 11 is 0. The number of halogens is 1. The normalized spacial score (nSPS) is 16.6. The van der Waals surface area contributed by atoms with Gasteiger partial charge in [0.2, 0.25) is 0 Å². The Morgan fingerprint density at radius 1 is 1.39 bits per heavy atom. The van der Waals surface area contributed by atoms with Gasteiger partial charge in [-0.1, -0.05) is 5.92 Å². The van der Waals surface area contributed by atoms with E-state index in [1.165, 1.54) is 6.07 Å². The lowest BCUT2D eigenvalue weighted by atomic mass is 9.99. The van der Waals surface area contributed by atoms with Crippen molar-refractivity contribution in [3.05, 3.63) is 28.7 Å². The first kappa shape index (κ1) is 19.7. The summed E-state index contributed by atoms with van der Waals surface area (Å²) < 4.78 is 15.2. The van der Waals surface area contributed by atoms with Crippen LogP contribution >= 0.6 is 0 Å². The number of nitrogens with zero attached hydrogens (tertiary/aromatic N) is 2. The van der Waals surface area contributed by atoms with E-state index < -0.39 is 11.7 Å². The Balaban J connectivity index is 2.07. The monoisotopic (exact) mass is 384 g/mol. The van der Waals surface area contributed by atoms with E-state index in [0.717, 1.165) is 24.1 Å². The van der Waals surface area contributed by atoms with Crippen LogP contribution in [-0.4, -0.2) is 47.9 Å². The number of hydrogen-bond donors (Lipinski definition) is 2. The van der Waals surface area contributed by atoms with Gasteiger partial charge in [0.25, 0.3) is 11.8 Å². The third-order valence-electron chi connectivity index (χ3n) is 5.58. The van der Waals surface area contributed by atoms with Gasteiger partial charge in [0.05, 0.1) is 16.8 Å². The minimum atomic E-state index is -0.670. The molecular formula is C21H25FN4O2. The number of benzene rings is 1. The Labute approximate surface area is 163 Å². The molecule has 3 N–H and O–H groups in total. The molecular weight excluding hydrogens is 359 g/mol. The number of rotatable bonds is 3. The van der Waals surface area contributed by atoms with Crippen LogP contribution in [0.3, 0.4) is 0 Å². The first-order valence-electron chi connectivity index (χ1n) is 9.31. The summed E-state index contributed by atoms with van der Waals surface area (Å²) in [4.78, 5) is 30.7. The molecule has 2 amide bonds. The Morgan fingerprint density at radius 3 is 2.75 bits per heavy atom. The number of aryl methyl sites for hydroxylation is 2. The number of nitrogens with one attached hydrogen (secondary N) is 1. The lowest BCUT2D eigenvalue weighted by Gasteiger charge is -2.38. The minimum Gasteiger partial charge on any atom is -0.367 e. The number of fused-ring (bicyclic) bond motifs is 1. The van der Waals surface area contributed by atoms with Crippen molar-refractivity contribution >= 4 is 28.4 Å². The molecule has 0 aliphatic carbocycles. The van der Waals surface area contributed by atoms with Crippen molar-refractivity contribution in [1.82, 2.24) is 9.88 Å². The predicted molar refractivity (Wildman–Crippen MR) is 108 cm³/mol. The Bertz CT molecular complexity index is 1020. The molecule has 2 heterocycles. The van der Waals surface area contributed by atoms with Gasteiger partial charge in [0, 0.05) is 37.3 Å². The van der Waals surface area contributed by atoms with Crippen molar-refractivity contribution in [2.24, 2.45) is 5.73 Å². The van der Waals surface area contributed by atoms with Crippen LogP contribution < -0.4 is 10.6 Å². The predicted octanol–water partition coefficient (Wildman–Crippen LogP) is 2.47. The van der Waals surface area contributed by atoms with Crippen LogP contribution in [0.5, 0.6) is 0 Å². The van der Waals surface area contributed by atoms with Crippen LogP contribution in [0, 0.1) is 31.5 Å². The smallest absolute Gasteiger partial charge is 0.298 e. The van der Waals surface area contributed by atoms with Gasteiger partial charge in [-0.25, -0.2) is 4.39 Å². The average molecular weight is 384 g/mol. The standard InChI is InChI=1S/C21H25FN4O2/c1-5-7-17(27)25(4)14-8-6-9-26(11-14)20-16(22)10-15(21(23)28)19-18(20)12(2)13(3)24-19/h10,14,24H,6,8-9,11H2,1-4H3,(H2,23,28). The number of aromatic amines is 1. The summed E-state index contributed by atoms with van der Waals surface area (Å²) in [6.07, 6.45) is 1.65. The maximum absolute atomic E-state index is 15.2. The molecule has 1 aromatic heterocycles. The van der Waals surface area contributed by atoms with Gasteiger partial charge < -0.3 is 20.5 Å². The number of aromatic nitrogens is 1. The molecule has 0 spiro atoms. The van der Waals surface area contributed by atoms with Crippen LogP contribution in [0.15, 0.2) is 6.07 Å². The summed E-state index contributed by atoms with van der Waals surface area (Å²) in [6.45, 7) is 6.58. The highest BCUT2D eigenvalue weighted by Crippen LogP contribution is 2.37. The molecule has 1 aliphatic heterocycles. The van der Waals surface area contributed by atoms with Gasteiger partial charge in [-0.2, -0.15) is 0 Å². The molecule has 0 saturated carbocycles. The highest BCUT2D eigenvalue weighted by molar-refractivity contribution is 6.10. The highest BCUT2D eigenvalue weighted by Gasteiger charge is 2.30. The van der Waals surface area contributed by atoms with E-state index in [9.17, 15) is 9.59 Å². The molecule has 1 atom stereocenters. The molecule has 3 rings (SSSR count). The summed E-state index contributed by atoms with van der Waals surface area (Å²) in [6, 6.07) is 1.14. The first-order valence-corrected chi connectivity index (χ1v) is 9.31. The summed E-state index contributed by atoms with van der Waals surface area (Å²) in [7, 11) is 1.73. The molecule has 1 aliphatic rings. The van der Waals surface area contributed by atoms with Crippen LogP contribution in [0.1, 0.15) is 41.4 Å². The lowest BCUT2D eigenvalue weighted by molar-refractivity contribution is -0.126. The zero-order valence-corrected chi connectivity index (χ0v) is 16.6. The van der Waals surface area contributed by atoms with E-state index >= 15 is 4.39 Å². The second-order valence-electron chi connectivity index (χ2n) is 7.28. The van der Waals surface area contributed by atoms with Crippen LogP contribution in [0.25, 0.3) is 10.9 Å². The Morgan fingerprint density at radius 2 is 2.11 bits per heavy atom. The molecule has 2 aromatic rings. The number of piperidine rings is 1. The number of carbonyl (C=O) groups is 2. The van der Waals surface area contributed by atoms with E-state index in [4.69, 9.17) is 5.73 Å². The molecule has 148 valence electrons. The Hall–Kier alpha value is -3.01. The maximum Gasteiger partial charge on any atom is 0.298 e. The van der Waals surface area contributed by atoms with Crippen molar-refractivity contribution in [2.75, 3.05) is 25.0 Å². The second kappa shape index (κ2) is 7.55.